The Labute approximate surface area is 135 Å². The van der Waals surface area contributed by atoms with Crippen molar-refractivity contribution in [3.05, 3.63) is 42.9 Å². The second kappa shape index (κ2) is 14.0. The molecule has 0 spiro atoms. The molecule has 2 N–H and O–H groups in total. The lowest BCUT2D eigenvalue weighted by Gasteiger charge is -2.02. The smallest absolute Gasteiger partial charge is 0.241 e. The molecule has 0 saturated carbocycles. The zero-order valence-electron chi connectivity index (χ0n) is 12.5. The molecule has 0 aliphatic heterocycles. The third-order valence-corrected chi connectivity index (χ3v) is 2.15. The molecule has 11 heteroatoms. The number of aryl methyl sites for hydroxylation is 2. The molecule has 0 radical (unpaired) electrons. The molecule has 0 aliphatic carbocycles. The largest absolute Gasteiger partial charge is 0.753 e. The van der Waals surface area contributed by atoms with Crippen LogP contribution in [-0.2, 0) is 28.7 Å². The Morgan fingerprint density at radius 2 is 1.59 bits per heavy atom. The number of nitrogens with zero attached hydrogens (tertiary/aromatic N) is 3. The topological polar surface area (TPSA) is 128 Å². The first kappa shape index (κ1) is 22.4. The second-order valence-corrected chi connectivity index (χ2v) is 4.69. The molecule has 0 fully saturated rings. The quantitative estimate of drug-likeness (QED) is 0.255. The minimum atomic E-state index is -4.42. The molecular weight excluding hydrogens is 330 g/mol. The minimum absolute atomic E-state index is 0.0914. The Kier molecular flexibility index (Phi) is 14.3. The zero-order chi connectivity index (χ0) is 17.4. The first-order valence-electron chi connectivity index (χ1n) is 5.84. The van der Waals surface area contributed by atoms with Crippen LogP contribution in [0.2, 0.25) is 0 Å². The highest BCUT2D eigenvalue weighted by atomic mass is 32.3. The van der Waals surface area contributed by atoms with E-state index in [1.54, 1.807) is 0 Å². The molecule has 0 amide bonds. The number of hydrogen-bond acceptors (Lipinski definition) is 5. The number of isothiocyanates is 1. The molecule has 0 unspecified atom stereocenters. The lowest BCUT2D eigenvalue weighted by atomic mass is 10.9. The van der Waals surface area contributed by atoms with E-state index in [1.165, 1.54) is 12.1 Å². The molecule has 2 aromatic rings. The Hall–Kier alpha value is -1.91. The number of aromatic amines is 2. The third kappa shape index (κ3) is 20.4. The van der Waals surface area contributed by atoms with Gasteiger partial charge in [0.05, 0.1) is 20.7 Å². The van der Waals surface area contributed by atoms with Crippen LogP contribution >= 0.6 is 12.2 Å². The van der Waals surface area contributed by atoms with E-state index in [0.717, 1.165) is 0 Å². The normalized spacial score (nSPS) is 8.91. The third-order valence-electron chi connectivity index (χ3n) is 1.63. The van der Waals surface area contributed by atoms with Gasteiger partial charge in [0.25, 0.3) is 0 Å². The van der Waals surface area contributed by atoms with Crippen LogP contribution in [0.25, 0.3) is 5.41 Å². The van der Waals surface area contributed by atoms with E-state index in [-0.39, 0.29) is 6.61 Å². The lowest BCUT2D eigenvalue weighted by molar-refractivity contribution is -0.670. The van der Waals surface area contributed by atoms with Crippen molar-refractivity contribution >= 4 is 27.8 Å². The maximum absolute atomic E-state index is 9.45. The van der Waals surface area contributed by atoms with Gasteiger partial charge in [-0.2, -0.15) is 5.16 Å². The van der Waals surface area contributed by atoms with Crippen molar-refractivity contribution < 1.29 is 26.3 Å². The van der Waals surface area contributed by atoms with Crippen molar-refractivity contribution in [2.24, 2.45) is 14.1 Å². The zero-order valence-corrected chi connectivity index (χ0v) is 14.1. The molecule has 0 bridgehead atoms. The van der Waals surface area contributed by atoms with E-state index < -0.39 is 10.4 Å². The van der Waals surface area contributed by atoms with Gasteiger partial charge in [0.2, 0.25) is 23.1 Å². The Balaban J connectivity index is 0. The summed E-state index contributed by atoms with van der Waals surface area (Å²) >= 11 is 3.70. The van der Waals surface area contributed by atoms with Gasteiger partial charge in [-0.1, -0.05) is 12.2 Å². The summed E-state index contributed by atoms with van der Waals surface area (Å²) in [6.45, 7) is 1.33. The van der Waals surface area contributed by atoms with Crippen LogP contribution < -0.4 is 9.13 Å². The van der Waals surface area contributed by atoms with Crippen LogP contribution in [0.15, 0.2) is 37.4 Å². The maximum atomic E-state index is 9.45. The highest BCUT2D eigenvalue weighted by molar-refractivity contribution is 7.80. The number of aromatic nitrogens is 4. The number of rotatable bonds is 2. The number of nitrogens with one attached hydrogen (secondary N) is 2. The van der Waals surface area contributed by atoms with E-state index in [1.807, 2.05) is 60.7 Å². The van der Waals surface area contributed by atoms with Gasteiger partial charge in [-0.05, 0) is 6.92 Å². The summed E-state index contributed by atoms with van der Waals surface area (Å²) < 4.78 is 35.9. The molecule has 0 aliphatic rings. The summed E-state index contributed by atoms with van der Waals surface area (Å²) in [4.78, 5) is 5.78. The minimum Gasteiger partial charge on any atom is -0.753 e. The first-order valence-corrected chi connectivity index (χ1v) is 7.58. The number of imidazole rings is 2. The number of thiocarbonyl (C=S) groups is 1. The monoisotopic (exact) mass is 349 g/mol. The lowest BCUT2D eigenvalue weighted by Crippen LogP contribution is -2.22. The molecule has 9 nitrogen and oxygen atoms in total. The van der Waals surface area contributed by atoms with Gasteiger partial charge < -0.3 is 9.96 Å². The van der Waals surface area contributed by atoms with E-state index >= 15 is 0 Å². The van der Waals surface area contributed by atoms with E-state index in [0.29, 0.717) is 0 Å². The average molecular weight is 349 g/mol. The van der Waals surface area contributed by atoms with Crippen molar-refractivity contribution in [3.8, 4) is 0 Å². The van der Waals surface area contributed by atoms with Crippen LogP contribution in [0, 0.1) is 0 Å². The van der Waals surface area contributed by atoms with E-state index in [2.05, 4.69) is 26.4 Å². The molecule has 2 rings (SSSR count). The summed E-state index contributed by atoms with van der Waals surface area (Å²) in [5.74, 6) is 0. The highest BCUT2D eigenvalue weighted by Gasteiger charge is 1.85. The second-order valence-electron chi connectivity index (χ2n) is 3.46. The van der Waals surface area contributed by atoms with E-state index in [9.17, 15) is 13.0 Å². The summed E-state index contributed by atoms with van der Waals surface area (Å²) in [5, 5.41) is 8.47. The average Bonchev–Trinajstić information content (AvgIpc) is 3.04. The molecule has 0 saturated heterocycles. The van der Waals surface area contributed by atoms with Crippen LogP contribution in [0.3, 0.4) is 0 Å². The first-order chi connectivity index (χ1) is 10.3. The van der Waals surface area contributed by atoms with Gasteiger partial charge in [0.15, 0.2) is 0 Å². The maximum Gasteiger partial charge on any atom is 0.241 e. The van der Waals surface area contributed by atoms with Crippen molar-refractivity contribution in [2.75, 3.05) is 6.61 Å². The van der Waals surface area contributed by atoms with Gasteiger partial charge in [-0.3, -0.25) is 14.2 Å². The molecule has 0 atom stereocenters. The van der Waals surface area contributed by atoms with Gasteiger partial charge in [0, 0.05) is 0 Å². The van der Waals surface area contributed by atoms with Crippen LogP contribution in [-0.4, -0.2) is 34.7 Å². The fourth-order valence-corrected chi connectivity index (χ4v) is 1.16. The van der Waals surface area contributed by atoms with Crippen molar-refractivity contribution in [3.63, 3.8) is 0 Å². The van der Waals surface area contributed by atoms with Gasteiger partial charge in [0.1, 0.15) is 24.8 Å². The molecule has 0 aromatic carbocycles. The molecule has 2 aromatic heterocycles. The van der Waals surface area contributed by atoms with Gasteiger partial charge in [-0.15, -0.1) is 0 Å². The number of H-pyrrole nitrogens is 2. The van der Waals surface area contributed by atoms with E-state index in [4.69, 9.17) is 5.41 Å². The predicted octanol–water partition coefficient (Wildman–Crippen LogP) is -0.180. The number of hydrogen-bond donors (Lipinski definition) is 2. The van der Waals surface area contributed by atoms with Crippen LogP contribution in [0.1, 0.15) is 6.92 Å². The molecule has 2 heterocycles. The van der Waals surface area contributed by atoms with Crippen molar-refractivity contribution in [1.82, 2.24) is 9.97 Å². The molecule has 124 valence electrons. The summed E-state index contributed by atoms with van der Waals surface area (Å²) in [6, 6.07) is 0. The van der Waals surface area contributed by atoms with Gasteiger partial charge in [-0.25, -0.2) is 17.6 Å². The standard InChI is InChI=1S/2C4H6N2.C2H6O4S.CNS/c2*1-6-3-2-5-4-6;1-2-6-7(3,4)5;2-1-3/h2*2-4H,1H3;2H2,1H3,(H,3,4,5);/q;;;-1/p+1. The summed E-state index contributed by atoms with van der Waals surface area (Å²) in [5.41, 5.74) is 0. The van der Waals surface area contributed by atoms with Crippen LogP contribution in [0.4, 0.5) is 0 Å². The molecular formula is C11H19N5O4S2. The Bertz CT molecular complexity index is 558. The molecule has 22 heavy (non-hydrogen) atoms. The fourth-order valence-electron chi connectivity index (χ4n) is 0.873. The predicted molar refractivity (Wildman–Crippen MR) is 81.2 cm³/mol. The SMILES string of the molecule is CCOS(=O)(=O)[O-].C[n+]1cc[nH]c1.C[n+]1cc[nH]c1.[N-]=C=S. The van der Waals surface area contributed by atoms with Gasteiger partial charge >= 0.3 is 0 Å². The Morgan fingerprint density at radius 3 is 1.64 bits per heavy atom. The van der Waals surface area contributed by atoms with Crippen molar-refractivity contribution in [2.45, 2.75) is 6.92 Å². The van der Waals surface area contributed by atoms with Crippen LogP contribution in [0.5, 0.6) is 0 Å². The Morgan fingerprint density at radius 1 is 1.23 bits per heavy atom. The van der Waals surface area contributed by atoms with Crippen molar-refractivity contribution in [1.29, 1.82) is 0 Å². The summed E-state index contributed by atoms with van der Waals surface area (Å²) in [6.07, 6.45) is 11.4. The highest BCUT2D eigenvalue weighted by Crippen LogP contribution is 1.80. The summed E-state index contributed by atoms with van der Waals surface area (Å²) in [7, 11) is -0.487. The fraction of sp³-hybridized carbons (Fsp3) is 0.364.